The van der Waals surface area contributed by atoms with Crippen LogP contribution in [-0.2, 0) is 9.84 Å². The zero-order chi connectivity index (χ0) is 17.4. The number of nitrogens with two attached hydrogens (primary N) is 1. The molecule has 1 aromatic carbocycles. The maximum atomic E-state index is 13.2. The molecule has 0 saturated carbocycles. The minimum Gasteiger partial charge on any atom is -0.487 e. The standard InChI is InChI=1S/C17H25FN2O3S/c18-15(8-9-19)14-23-16-4-6-17(7-5-16)24(21,22)13-12-20-10-2-1-3-11-20/h4-8H,1-3,9-14,19H2/b15-8+. The number of ether oxygens (including phenoxy) is 1. The monoisotopic (exact) mass is 356 g/mol. The highest BCUT2D eigenvalue weighted by Gasteiger charge is 2.18. The summed E-state index contributed by atoms with van der Waals surface area (Å²) < 4.78 is 43.2. The Hall–Kier alpha value is -1.44. The zero-order valence-corrected chi connectivity index (χ0v) is 14.6. The van der Waals surface area contributed by atoms with E-state index in [1.807, 2.05) is 0 Å². The van der Waals surface area contributed by atoms with E-state index in [9.17, 15) is 12.8 Å². The lowest BCUT2D eigenvalue weighted by Crippen LogP contribution is -2.33. The highest BCUT2D eigenvalue weighted by Crippen LogP contribution is 2.18. The minimum absolute atomic E-state index is 0.112. The molecule has 1 saturated heterocycles. The fraction of sp³-hybridized carbons (Fsp3) is 0.529. The molecule has 0 atom stereocenters. The summed E-state index contributed by atoms with van der Waals surface area (Å²) in [6.45, 7) is 2.42. The van der Waals surface area contributed by atoms with E-state index in [2.05, 4.69) is 4.90 Å². The molecule has 1 fully saturated rings. The molecule has 0 spiro atoms. The molecule has 1 heterocycles. The first-order valence-electron chi connectivity index (χ1n) is 8.24. The van der Waals surface area contributed by atoms with Gasteiger partial charge in [0.05, 0.1) is 10.6 Å². The quantitative estimate of drug-likeness (QED) is 0.773. The van der Waals surface area contributed by atoms with Gasteiger partial charge in [-0.2, -0.15) is 0 Å². The second kappa shape index (κ2) is 9.15. The van der Waals surface area contributed by atoms with Crippen molar-refractivity contribution in [2.75, 3.05) is 38.5 Å². The van der Waals surface area contributed by atoms with Crippen LogP contribution in [0.1, 0.15) is 19.3 Å². The van der Waals surface area contributed by atoms with E-state index in [1.54, 1.807) is 12.1 Å². The van der Waals surface area contributed by atoms with Gasteiger partial charge >= 0.3 is 0 Å². The largest absolute Gasteiger partial charge is 0.487 e. The second-order valence-corrected chi connectivity index (χ2v) is 7.98. The van der Waals surface area contributed by atoms with Crippen LogP contribution in [-0.4, -0.2) is 51.9 Å². The van der Waals surface area contributed by atoms with Crippen LogP contribution in [0.4, 0.5) is 4.39 Å². The van der Waals surface area contributed by atoms with E-state index in [4.69, 9.17) is 10.5 Å². The van der Waals surface area contributed by atoms with Gasteiger partial charge in [0.15, 0.2) is 9.84 Å². The van der Waals surface area contributed by atoms with E-state index < -0.39 is 15.7 Å². The van der Waals surface area contributed by atoms with E-state index in [-0.39, 0.29) is 23.8 Å². The van der Waals surface area contributed by atoms with E-state index in [0.717, 1.165) is 25.9 Å². The number of rotatable bonds is 8. The van der Waals surface area contributed by atoms with Crippen LogP contribution in [0.2, 0.25) is 0 Å². The van der Waals surface area contributed by atoms with Gasteiger partial charge in [-0.25, -0.2) is 12.8 Å². The summed E-state index contributed by atoms with van der Waals surface area (Å²) in [5.74, 6) is 0.0856. The number of benzene rings is 1. The lowest BCUT2D eigenvalue weighted by molar-refractivity contribution is 0.241. The molecule has 5 nitrogen and oxygen atoms in total. The van der Waals surface area contributed by atoms with E-state index in [1.165, 1.54) is 24.6 Å². The Morgan fingerprint density at radius 3 is 2.50 bits per heavy atom. The fourth-order valence-electron chi connectivity index (χ4n) is 2.63. The molecule has 1 aliphatic heterocycles. The molecule has 1 aliphatic rings. The van der Waals surface area contributed by atoms with Crippen LogP contribution in [0, 0.1) is 0 Å². The van der Waals surface area contributed by atoms with Gasteiger partial charge in [0.2, 0.25) is 0 Å². The highest BCUT2D eigenvalue weighted by atomic mass is 32.2. The molecule has 0 amide bonds. The number of hydrogen-bond donors (Lipinski definition) is 1. The third-order valence-electron chi connectivity index (χ3n) is 4.02. The number of hydrogen-bond acceptors (Lipinski definition) is 5. The molecule has 1 aromatic rings. The van der Waals surface area contributed by atoms with Gasteiger partial charge in [0.25, 0.3) is 0 Å². The number of likely N-dealkylation sites (tertiary alicyclic amines) is 1. The summed E-state index contributed by atoms with van der Waals surface area (Å²) in [7, 11) is -3.32. The van der Waals surface area contributed by atoms with Crippen LogP contribution in [0.15, 0.2) is 41.1 Å². The predicted molar refractivity (Wildman–Crippen MR) is 92.5 cm³/mol. The van der Waals surface area contributed by atoms with Crippen molar-refractivity contribution in [3.05, 3.63) is 36.2 Å². The van der Waals surface area contributed by atoms with Gasteiger partial charge in [0, 0.05) is 13.1 Å². The molecule has 0 bridgehead atoms. The Kier molecular flexibility index (Phi) is 7.20. The van der Waals surface area contributed by atoms with Crippen LogP contribution in [0.3, 0.4) is 0 Å². The van der Waals surface area contributed by atoms with Crippen molar-refractivity contribution in [2.24, 2.45) is 5.73 Å². The zero-order valence-electron chi connectivity index (χ0n) is 13.8. The number of piperidine rings is 1. The molecule has 0 unspecified atom stereocenters. The summed E-state index contributed by atoms with van der Waals surface area (Å²) in [4.78, 5) is 2.47. The van der Waals surface area contributed by atoms with Gasteiger partial charge in [-0.1, -0.05) is 6.42 Å². The van der Waals surface area contributed by atoms with Gasteiger partial charge in [-0.3, -0.25) is 0 Å². The maximum Gasteiger partial charge on any atom is 0.179 e. The Morgan fingerprint density at radius 2 is 1.88 bits per heavy atom. The smallest absolute Gasteiger partial charge is 0.179 e. The van der Waals surface area contributed by atoms with Crippen LogP contribution in [0.5, 0.6) is 5.75 Å². The summed E-state index contributed by atoms with van der Waals surface area (Å²) in [6, 6.07) is 6.10. The van der Waals surface area contributed by atoms with E-state index >= 15 is 0 Å². The molecule has 0 aromatic heterocycles. The van der Waals surface area contributed by atoms with Gasteiger partial charge in [-0.05, 0) is 56.3 Å². The Balaban J connectivity index is 1.89. The molecule has 0 radical (unpaired) electrons. The molecule has 2 rings (SSSR count). The summed E-state index contributed by atoms with van der Waals surface area (Å²) >= 11 is 0. The Bertz CT molecular complexity index is 638. The lowest BCUT2D eigenvalue weighted by atomic mass is 10.1. The topological polar surface area (TPSA) is 72.6 Å². The van der Waals surface area contributed by atoms with Crippen molar-refractivity contribution in [3.8, 4) is 5.75 Å². The van der Waals surface area contributed by atoms with Gasteiger partial charge < -0.3 is 15.4 Å². The first kappa shape index (κ1) is 18.9. The summed E-state index contributed by atoms with van der Waals surface area (Å²) in [5.41, 5.74) is 5.21. The molecule has 7 heteroatoms. The van der Waals surface area contributed by atoms with Crippen molar-refractivity contribution >= 4 is 9.84 Å². The number of sulfone groups is 1. The number of halogens is 1. The lowest BCUT2D eigenvalue weighted by Gasteiger charge is -2.26. The predicted octanol–water partition coefficient (Wildman–Crippen LogP) is 2.14. The Morgan fingerprint density at radius 1 is 1.21 bits per heavy atom. The molecular formula is C17H25FN2O3S. The van der Waals surface area contributed by atoms with Gasteiger partial charge in [0.1, 0.15) is 18.2 Å². The molecule has 0 aliphatic carbocycles. The second-order valence-electron chi connectivity index (χ2n) is 5.87. The summed E-state index contributed by atoms with van der Waals surface area (Å²) in [5, 5.41) is 0. The van der Waals surface area contributed by atoms with Crippen LogP contribution >= 0.6 is 0 Å². The molecule has 24 heavy (non-hydrogen) atoms. The average Bonchev–Trinajstić information content (AvgIpc) is 2.60. The van der Waals surface area contributed by atoms with Crippen LogP contribution in [0.25, 0.3) is 0 Å². The molecule has 2 N–H and O–H groups in total. The third kappa shape index (κ3) is 5.89. The highest BCUT2D eigenvalue weighted by molar-refractivity contribution is 7.91. The maximum absolute atomic E-state index is 13.2. The minimum atomic E-state index is -3.32. The summed E-state index contributed by atoms with van der Waals surface area (Å²) in [6.07, 6.45) is 4.74. The van der Waals surface area contributed by atoms with E-state index in [0.29, 0.717) is 12.3 Å². The molecular weight excluding hydrogens is 331 g/mol. The SMILES string of the molecule is NC/C=C(/F)COc1ccc(S(=O)(=O)CCN2CCCCC2)cc1. The van der Waals surface area contributed by atoms with Crippen molar-refractivity contribution < 1.29 is 17.5 Å². The fourth-order valence-corrected chi connectivity index (χ4v) is 3.92. The van der Waals surface area contributed by atoms with Crippen molar-refractivity contribution in [1.29, 1.82) is 0 Å². The van der Waals surface area contributed by atoms with Crippen molar-refractivity contribution in [1.82, 2.24) is 4.90 Å². The first-order valence-corrected chi connectivity index (χ1v) is 9.89. The van der Waals surface area contributed by atoms with Crippen molar-refractivity contribution in [3.63, 3.8) is 0 Å². The third-order valence-corrected chi connectivity index (χ3v) is 5.73. The van der Waals surface area contributed by atoms with Gasteiger partial charge in [-0.15, -0.1) is 0 Å². The molecule has 134 valence electrons. The average molecular weight is 356 g/mol. The van der Waals surface area contributed by atoms with Crippen LogP contribution < -0.4 is 10.5 Å². The first-order chi connectivity index (χ1) is 11.5. The number of nitrogens with zero attached hydrogens (tertiary/aromatic N) is 1. The Labute approximate surface area is 143 Å². The van der Waals surface area contributed by atoms with Crippen molar-refractivity contribution in [2.45, 2.75) is 24.2 Å². The normalized spacial score (nSPS) is 17.0.